The van der Waals surface area contributed by atoms with Gasteiger partial charge in [0.25, 0.3) is 0 Å². The fourth-order valence-electron chi connectivity index (χ4n) is 8.50. The Labute approximate surface area is 283 Å². The summed E-state index contributed by atoms with van der Waals surface area (Å²) in [6.07, 6.45) is 0. The van der Waals surface area contributed by atoms with Crippen LogP contribution in [0.15, 0.2) is 170 Å². The van der Waals surface area contributed by atoms with Crippen LogP contribution in [0.2, 0.25) is 0 Å². The van der Waals surface area contributed by atoms with E-state index in [9.17, 15) is 0 Å². The molecule has 0 heterocycles. The monoisotopic (exact) mass is 615 g/mol. The van der Waals surface area contributed by atoms with E-state index in [1.54, 1.807) is 0 Å². The first-order valence-electron chi connectivity index (χ1n) is 17.0. The predicted molar refractivity (Wildman–Crippen MR) is 202 cm³/mol. The van der Waals surface area contributed by atoms with Crippen LogP contribution in [0.25, 0.3) is 33.4 Å². The zero-order valence-electron chi connectivity index (χ0n) is 27.6. The van der Waals surface area contributed by atoms with E-state index >= 15 is 0 Å². The average molecular weight is 616 g/mol. The molecule has 0 spiro atoms. The second-order valence-electron chi connectivity index (χ2n) is 13.9. The van der Waals surface area contributed by atoms with Crippen molar-refractivity contribution in [3.8, 4) is 33.4 Å². The van der Waals surface area contributed by atoms with Crippen LogP contribution in [-0.2, 0) is 10.8 Å². The van der Waals surface area contributed by atoms with Gasteiger partial charge in [-0.05, 0) is 105 Å². The fourth-order valence-corrected chi connectivity index (χ4v) is 8.50. The van der Waals surface area contributed by atoms with Crippen LogP contribution in [0.5, 0.6) is 0 Å². The SMILES string of the molecule is CC1(C)c2ccccc2-c2ccc(N(c3ccccc3)c3ccc4c(c3)C(C)(c3ccccc3)c3cccc(-c5ccccc5)c3-4)cc21. The molecule has 2 aliphatic carbocycles. The maximum absolute atomic E-state index is 2.46. The van der Waals surface area contributed by atoms with Gasteiger partial charge < -0.3 is 4.90 Å². The minimum atomic E-state index is -0.323. The van der Waals surface area contributed by atoms with Gasteiger partial charge in [0.2, 0.25) is 0 Å². The van der Waals surface area contributed by atoms with Crippen molar-refractivity contribution in [2.45, 2.75) is 31.6 Å². The lowest BCUT2D eigenvalue weighted by Crippen LogP contribution is -2.23. The highest BCUT2D eigenvalue weighted by Gasteiger charge is 2.42. The summed E-state index contributed by atoms with van der Waals surface area (Å²) in [6, 6.07) is 62.6. The highest BCUT2D eigenvalue weighted by Crippen LogP contribution is 2.57. The molecule has 48 heavy (non-hydrogen) atoms. The fraction of sp³-hybridized carbons (Fsp3) is 0.106. The first kappa shape index (κ1) is 28.6. The quantitative estimate of drug-likeness (QED) is 0.186. The second-order valence-corrected chi connectivity index (χ2v) is 13.9. The largest absolute Gasteiger partial charge is 0.310 e. The van der Waals surface area contributed by atoms with Gasteiger partial charge in [0, 0.05) is 27.9 Å². The standard InChI is InChI=1S/C47H37N/c1-46(2)41-24-14-13-22-38(41)39-28-26-35(30-43(39)46)48(34-20-11-6-12-21-34)36-27-29-40-44(31-36)47(3,33-18-9-5-10-19-33)42-25-15-23-37(45(40)42)32-16-7-4-8-17-32/h4-31H,1-3H3. The molecule has 7 aromatic carbocycles. The molecular weight excluding hydrogens is 579 g/mol. The van der Waals surface area contributed by atoms with Crippen LogP contribution in [0.4, 0.5) is 17.1 Å². The summed E-state index contributed by atoms with van der Waals surface area (Å²) in [6.45, 7) is 7.13. The summed E-state index contributed by atoms with van der Waals surface area (Å²) in [5.41, 5.74) is 17.7. The van der Waals surface area contributed by atoms with Gasteiger partial charge >= 0.3 is 0 Å². The van der Waals surface area contributed by atoms with Gasteiger partial charge in [-0.3, -0.25) is 0 Å². The molecule has 230 valence electrons. The number of anilines is 3. The number of rotatable bonds is 5. The lowest BCUT2D eigenvalue weighted by atomic mass is 9.74. The molecule has 9 rings (SSSR count). The summed E-state index contributed by atoms with van der Waals surface area (Å²) in [5.74, 6) is 0. The van der Waals surface area contributed by atoms with Gasteiger partial charge in [-0.15, -0.1) is 0 Å². The summed E-state index contributed by atoms with van der Waals surface area (Å²) >= 11 is 0. The van der Waals surface area contributed by atoms with Crippen molar-refractivity contribution in [1.29, 1.82) is 0 Å². The highest BCUT2D eigenvalue weighted by atomic mass is 15.1. The lowest BCUT2D eigenvalue weighted by molar-refractivity contribution is 0.660. The molecule has 1 atom stereocenters. The van der Waals surface area contributed by atoms with Gasteiger partial charge in [-0.25, -0.2) is 0 Å². The minimum Gasteiger partial charge on any atom is -0.310 e. The molecule has 1 unspecified atom stereocenters. The molecule has 0 aliphatic heterocycles. The van der Waals surface area contributed by atoms with Crippen molar-refractivity contribution < 1.29 is 0 Å². The Morgan fingerprint density at radius 3 is 1.65 bits per heavy atom. The summed E-state index contributed by atoms with van der Waals surface area (Å²) in [7, 11) is 0. The van der Waals surface area contributed by atoms with E-state index in [1.165, 1.54) is 66.9 Å². The maximum Gasteiger partial charge on any atom is 0.0465 e. The summed E-state index contributed by atoms with van der Waals surface area (Å²) in [4.78, 5) is 2.44. The normalized spacial score (nSPS) is 16.5. The zero-order chi connectivity index (χ0) is 32.5. The van der Waals surface area contributed by atoms with Crippen molar-refractivity contribution in [3.63, 3.8) is 0 Å². The first-order valence-corrected chi connectivity index (χ1v) is 17.0. The van der Waals surface area contributed by atoms with Crippen LogP contribution in [0.3, 0.4) is 0 Å². The molecule has 1 heteroatoms. The smallest absolute Gasteiger partial charge is 0.0465 e. The third kappa shape index (κ3) is 4.10. The molecule has 0 fully saturated rings. The Morgan fingerprint density at radius 2 is 0.917 bits per heavy atom. The van der Waals surface area contributed by atoms with E-state index < -0.39 is 0 Å². The molecule has 0 N–H and O–H groups in total. The van der Waals surface area contributed by atoms with E-state index in [1.807, 2.05) is 0 Å². The van der Waals surface area contributed by atoms with Crippen molar-refractivity contribution in [2.75, 3.05) is 4.90 Å². The van der Waals surface area contributed by atoms with Crippen LogP contribution >= 0.6 is 0 Å². The molecular formula is C47H37N. The molecule has 0 radical (unpaired) electrons. The zero-order valence-corrected chi connectivity index (χ0v) is 27.6. The van der Waals surface area contributed by atoms with Crippen LogP contribution in [0, 0.1) is 0 Å². The van der Waals surface area contributed by atoms with Gasteiger partial charge in [-0.2, -0.15) is 0 Å². The van der Waals surface area contributed by atoms with Crippen LogP contribution in [-0.4, -0.2) is 0 Å². The maximum atomic E-state index is 2.46. The number of para-hydroxylation sites is 1. The topological polar surface area (TPSA) is 3.24 Å². The second kappa shape index (κ2) is 10.7. The number of fused-ring (bicyclic) bond motifs is 6. The predicted octanol–water partition coefficient (Wildman–Crippen LogP) is 12.5. The van der Waals surface area contributed by atoms with Gasteiger partial charge in [0.05, 0.1) is 0 Å². The van der Waals surface area contributed by atoms with Crippen molar-refractivity contribution in [2.24, 2.45) is 0 Å². The number of hydrogen-bond donors (Lipinski definition) is 0. The molecule has 2 aliphatic rings. The molecule has 1 nitrogen and oxygen atoms in total. The van der Waals surface area contributed by atoms with Crippen molar-refractivity contribution in [3.05, 3.63) is 198 Å². The lowest BCUT2D eigenvalue weighted by Gasteiger charge is -2.31. The Balaban J connectivity index is 1.27. The minimum absolute atomic E-state index is 0.0798. The van der Waals surface area contributed by atoms with Gasteiger partial charge in [-0.1, -0.05) is 147 Å². The molecule has 0 amide bonds. The highest BCUT2D eigenvalue weighted by molar-refractivity contribution is 5.95. The summed E-state index contributed by atoms with van der Waals surface area (Å²) < 4.78 is 0. The Kier molecular flexibility index (Phi) is 6.36. The summed E-state index contributed by atoms with van der Waals surface area (Å²) in [5, 5.41) is 0. The van der Waals surface area contributed by atoms with Crippen molar-refractivity contribution in [1.82, 2.24) is 0 Å². The molecule has 0 aromatic heterocycles. The molecule has 7 aromatic rings. The number of nitrogens with zero attached hydrogens (tertiary/aromatic N) is 1. The van der Waals surface area contributed by atoms with Gasteiger partial charge in [0.1, 0.15) is 0 Å². The van der Waals surface area contributed by atoms with Crippen LogP contribution < -0.4 is 4.90 Å². The van der Waals surface area contributed by atoms with E-state index in [0.29, 0.717) is 0 Å². The third-order valence-corrected chi connectivity index (χ3v) is 10.9. The molecule has 0 saturated heterocycles. The number of benzene rings is 7. The molecule has 0 saturated carbocycles. The Morgan fingerprint density at radius 1 is 0.375 bits per heavy atom. The van der Waals surface area contributed by atoms with E-state index in [4.69, 9.17) is 0 Å². The van der Waals surface area contributed by atoms with Crippen LogP contribution in [0.1, 0.15) is 48.6 Å². The average Bonchev–Trinajstić information content (AvgIpc) is 3.54. The van der Waals surface area contributed by atoms with E-state index in [0.717, 1.165) is 11.4 Å². The third-order valence-electron chi connectivity index (χ3n) is 10.9. The Hall–Kier alpha value is -5.66. The number of hydrogen-bond acceptors (Lipinski definition) is 1. The first-order chi connectivity index (χ1) is 23.5. The van der Waals surface area contributed by atoms with Gasteiger partial charge in [0.15, 0.2) is 0 Å². The van der Waals surface area contributed by atoms with E-state index in [2.05, 4.69) is 196 Å². The van der Waals surface area contributed by atoms with Crippen molar-refractivity contribution >= 4 is 17.1 Å². The van der Waals surface area contributed by atoms with E-state index in [-0.39, 0.29) is 10.8 Å². The molecule has 0 bridgehead atoms. The Bertz CT molecular complexity index is 2320.